The van der Waals surface area contributed by atoms with Crippen molar-refractivity contribution in [1.29, 1.82) is 0 Å². The third kappa shape index (κ3) is 3.51. The number of likely N-dealkylation sites (N-methyl/N-ethyl adjacent to an activating group) is 1. The summed E-state index contributed by atoms with van der Waals surface area (Å²) < 4.78 is 1.10. The highest BCUT2D eigenvalue weighted by molar-refractivity contribution is 9.11. The predicted octanol–water partition coefficient (Wildman–Crippen LogP) is 1.03. The molecule has 2 N–H and O–H groups in total. The highest BCUT2D eigenvalue weighted by atomic mass is 79.9. The average molecular weight is 318 g/mol. The zero-order chi connectivity index (χ0) is 12.3. The fraction of sp³-hybridized carbons (Fsp3) is 0.545. The van der Waals surface area contributed by atoms with E-state index in [0.29, 0.717) is 6.54 Å². The van der Waals surface area contributed by atoms with Gasteiger partial charge in [-0.15, -0.1) is 11.3 Å². The summed E-state index contributed by atoms with van der Waals surface area (Å²) in [6.07, 6.45) is 0. The highest BCUT2D eigenvalue weighted by Crippen LogP contribution is 2.21. The minimum absolute atomic E-state index is 0.0489. The number of hydrogen-bond donors (Lipinski definition) is 2. The van der Waals surface area contributed by atoms with Crippen molar-refractivity contribution < 1.29 is 4.79 Å². The van der Waals surface area contributed by atoms with Crippen LogP contribution in [-0.2, 0) is 11.3 Å². The Kier molecular flexibility index (Phi) is 4.55. The fourth-order valence-corrected chi connectivity index (χ4v) is 3.26. The van der Waals surface area contributed by atoms with Crippen LogP contribution in [0.5, 0.6) is 0 Å². The molecule has 94 valence electrons. The number of nitrogens with zero attached hydrogens (tertiary/aromatic N) is 1. The van der Waals surface area contributed by atoms with Crippen molar-refractivity contribution in [2.24, 2.45) is 0 Å². The molecule has 6 heteroatoms. The van der Waals surface area contributed by atoms with Gasteiger partial charge in [-0.25, -0.2) is 0 Å². The van der Waals surface area contributed by atoms with Crippen LogP contribution in [0.4, 0.5) is 0 Å². The molecule has 1 aromatic rings. The molecule has 0 radical (unpaired) electrons. The lowest BCUT2D eigenvalue weighted by atomic mass is 10.2. The van der Waals surface area contributed by atoms with Crippen LogP contribution >= 0.6 is 27.3 Å². The van der Waals surface area contributed by atoms with Gasteiger partial charge in [0.15, 0.2) is 0 Å². The maximum Gasteiger partial charge on any atom is 0.238 e. The Morgan fingerprint density at radius 2 is 2.53 bits per heavy atom. The number of carbonyl (C=O) groups is 1. The first-order valence-corrected chi connectivity index (χ1v) is 7.20. The van der Waals surface area contributed by atoms with Crippen LogP contribution in [0, 0.1) is 0 Å². The van der Waals surface area contributed by atoms with Crippen LogP contribution in [0.15, 0.2) is 15.9 Å². The van der Waals surface area contributed by atoms with Gasteiger partial charge in [-0.2, -0.15) is 0 Å². The lowest BCUT2D eigenvalue weighted by Crippen LogP contribution is -2.56. The molecule has 1 aromatic heterocycles. The van der Waals surface area contributed by atoms with Gasteiger partial charge in [0.2, 0.25) is 5.91 Å². The Labute approximate surface area is 114 Å². The first-order chi connectivity index (χ1) is 8.16. The van der Waals surface area contributed by atoms with Crippen molar-refractivity contribution in [3.8, 4) is 0 Å². The zero-order valence-electron chi connectivity index (χ0n) is 9.70. The van der Waals surface area contributed by atoms with E-state index in [1.807, 2.05) is 19.2 Å². The Balaban J connectivity index is 1.84. The zero-order valence-corrected chi connectivity index (χ0v) is 12.1. The summed E-state index contributed by atoms with van der Waals surface area (Å²) in [4.78, 5) is 15.2. The summed E-state index contributed by atoms with van der Waals surface area (Å²) in [5.74, 6) is 0.101. The summed E-state index contributed by atoms with van der Waals surface area (Å²) in [6.45, 7) is 3.22. The monoisotopic (exact) mass is 317 g/mol. The Morgan fingerprint density at radius 3 is 3.18 bits per heavy atom. The van der Waals surface area contributed by atoms with Crippen molar-refractivity contribution in [3.05, 3.63) is 20.8 Å². The van der Waals surface area contributed by atoms with Crippen molar-refractivity contribution in [3.63, 3.8) is 0 Å². The standard InChI is InChI=1S/C11H16BrN3OS/c1-15-5-4-13-7-9(15)11(16)14-6-8-2-3-10(12)17-8/h2-3,9,13H,4-7H2,1H3,(H,14,16). The molecule has 17 heavy (non-hydrogen) atoms. The summed E-state index contributed by atoms with van der Waals surface area (Å²) in [5, 5.41) is 6.22. The molecular weight excluding hydrogens is 302 g/mol. The normalized spacial score (nSPS) is 21.4. The van der Waals surface area contributed by atoms with E-state index in [1.165, 1.54) is 0 Å². The number of carbonyl (C=O) groups excluding carboxylic acids is 1. The minimum atomic E-state index is -0.0489. The molecule has 1 atom stereocenters. The first kappa shape index (κ1) is 13.0. The van der Waals surface area contributed by atoms with Crippen molar-refractivity contribution in [2.75, 3.05) is 26.7 Å². The van der Waals surface area contributed by atoms with Crippen LogP contribution in [0.1, 0.15) is 4.88 Å². The molecule has 1 aliphatic rings. The highest BCUT2D eigenvalue weighted by Gasteiger charge is 2.25. The topological polar surface area (TPSA) is 44.4 Å². The largest absolute Gasteiger partial charge is 0.350 e. The molecule has 4 nitrogen and oxygen atoms in total. The Morgan fingerprint density at radius 1 is 1.71 bits per heavy atom. The van der Waals surface area contributed by atoms with Crippen LogP contribution in [0.3, 0.4) is 0 Å². The van der Waals surface area contributed by atoms with Gasteiger partial charge >= 0.3 is 0 Å². The molecule has 1 saturated heterocycles. The molecule has 1 unspecified atom stereocenters. The van der Waals surface area contributed by atoms with Crippen molar-refractivity contribution in [2.45, 2.75) is 12.6 Å². The Hall–Kier alpha value is -0.430. The van der Waals surface area contributed by atoms with Gasteiger partial charge in [0.1, 0.15) is 6.04 Å². The van der Waals surface area contributed by atoms with Gasteiger partial charge in [0, 0.05) is 24.5 Å². The molecule has 1 fully saturated rings. The number of nitrogens with one attached hydrogen (secondary N) is 2. The van der Waals surface area contributed by atoms with Gasteiger partial charge in [-0.1, -0.05) is 0 Å². The molecule has 0 saturated carbocycles. The summed E-state index contributed by atoms with van der Waals surface area (Å²) >= 11 is 5.06. The van der Waals surface area contributed by atoms with E-state index in [9.17, 15) is 4.79 Å². The number of thiophene rings is 1. The van der Waals surface area contributed by atoms with Crippen LogP contribution in [0.25, 0.3) is 0 Å². The van der Waals surface area contributed by atoms with E-state index in [1.54, 1.807) is 11.3 Å². The maximum absolute atomic E-state index is 12.0. The number of halogens is 1. The Bertz CT molecular complexity index is 396. The number of hydrogen-bond acceptors (Lipinski definition) is 4. The molecular formula is C11H16BrN3OS. The van der Waals surface area contributed by atoms with Crippen LogP contribution < -0.4 is 10.6 Å². The lowest BCUT2D eigenvalue weighted by molar-refractivity contribution is -0.126. The number of rotatable bonds is 3. The fourth-order valence-electron chi connectivity index (χ4n) is 1.84. The average Bonchev–Trinajstić information content (AvgIpc) is 2.73. The quantitative estimate of drug-likeness (QED) is 0.875. The smallest absolute Gasteiger partial charge is 0.238 e. The second-order valence-electron chi connectivity index (χ2n) is 4.12. The van der Waals surface area contributed by atoms with Crippen LogP contribution in [-0.4, -0.2) is 43.5 Å². The van der Waals surface area contributed by atoms with E-state index >= 15 is 0 Å². The van der Waals surface area contributed by atoms with Gasteiger partial charge in [-0.05, 0) is 35.1 Å². The number of amides is 1. The van der Waals surface area contributed by atoms with Gasteiger partial charge < -0.3 is 10.6 Å². The molecule has 1 amide bonds. The molecule has 0 aromatic carbocycles. The van der Waals surface area contributed by atoms with Crippen molar-refractivity contribution in [1.82, 2.24) is 15.5 Å². The summed E-state index contributed by atoms with van der Waals surface area (Å²) in [5.41, 5.74) is 0. The van der Waals surface area contributed by atoms with Crippen molar-refractivity contribution >= 4 is 33.2 Å². The maximum atomic E-state index is 12.0. The van der Waals surface area contributed by atoms with Gasteiger partial charge in [-0.3, -0.25) is 9.69 Å². The second-order valence-corrected chi connectivity index (χ2v) is 6.67. The second kappa shape index (κ2) is 5.95. The van der Waals surface area contributed by atoms with Gasteiger partial charge in [0.25, 0.3) is 0 Å². The molecule has 2 heterocycles. The third-order valence-corrected chi connectivity index (χ3v) is 4.50. The van der Waals surface area contributed by atoms with E-state index in [0.717, 1.165) is 28.3 Å². The summed E-state index contributed by atoms with van der Waals surface area (Å²) in [6, 6.07) is 3.98. The lowest BCUT2D eigenvalue weighted by Gasteiger charge is -2.31. The SMILES string of the molecule is CN1CCNCC1C(=O)NCc1ccc(Br)s1. The predicted molar refractivity (Wildman–Crippen MR) is 73.2 cm³/mol. The first-order valence-electron chi connectivity index (χ1n) is 5.59. The molecule has 1 aliphatic heterocycles. The van der Waals surface area contributed by atoms with Gasteiger partial charge in [0.05, 0.1) is 10.3 Å². The summed E-state index contributed by atoms with van der Waals surface area (Å²) in [7, 11) is 1.99. The van der Waals surface area contributed by atoms with E-state index in [-0.39, 0.29) is 11.9 Å². The van der Waals surface area contributed by atoms with Crippen LogP contribution in [0.2, 0.25) is 0 Å². The minimum Gasteiger partial charge on any atom is -0.350 e. The van der Waals surface area contributed by atoms with E-state index in [4.69, 9.17) is 0 Å². The van der Waals surface area contributed by atoms with E-state index < -0.39 is 0 Å². The molecule has 2 rings (SSSR count). The number of piperazine rings is 1. The molecule has 0 spiro atoms. The molecule has 0 aliphatic carbocycles. The molecule has 0 bridgehead atoms. The third-order valence-electron chi connectivity index (χ3n) is 2.88. The van der Waals surface area contributed by atoms with E-state index in [2.05, 4.69) is 31.5 Å².